The van der Waals surface area contributed by atoms with E-state index >= 15 is 0 Å². The second-order valence-corrected chi connectivity index (χ2v) is 3.49. The average Bonchev–Trinajstić information content (AvgIpc) is 2.30. The second-order valence-electron chi connectivity index (χ2n) is 3.49. The average molecular weight is 198 g/mol. The predicted octanol–water partition coefficient (Wildman–Crippen LogP) is 2.39. The van der Waals surface area contributed by atoms with Crippen LogP contribution in [0, 0.1) is 0 Å². The fourth-order valence-corrected chi connectivity index (χ4v) is 1.66. The standard InChI is InChI=1S/C13H14N2/c14-9-11-6-7-12(15)8-13(11)10-4-2-1-3-5-10/h1-8H,9,14-15H2. The van der Waals surface area contributed by atoms with E-state index in [4.69, 9.17) is 11.5 Å². The molecule has 4 N–H and O–H groups in total. The van der Waals surface area contributed by atoms with Crippen LogP contribution in [0.4, 0.5) is 5.69 Å². The number of hydrogen-bond acceptors (Lipinski definition) is 2. The summed E-state index contributed by atoms with van der Waals surface area (Å²) in [6.07, 6.45) is 0. The van der Waals surface area contributed by atoms with Crippen LogP contribution in [0.3, 0.4) is 0 Å². The molecule has 0 bridgehead atoms. The molecule has 2 nitrogen and oxygen atoms in total. The zero-order valence-corrected chi connectivity index (χ0v) is 8.48. The Hall–Kier alpha value is -1.80. The van der Waals surface area contributed by atoms with Crippen LogP contribution >= 0.6 is 0 Å². The predicted molar refractivity (Wildman–Crippen MR) is 64.2 cm³/mol. The van der Waals surface area contributed by atoms with Crippen LogP contribution in [0.15, 0.2) is 48.5 Å². The molecule has 0 aromatic heterocycles. The third kappa shape index (κ3) is 2.00. The minimum Gasteiger partial charge on any atom is -0.399 e. The summed E-state index contributed by atoms with van der Waals surface area (Å²) in [7, 11) is 0. The van der Waals surface area contributed by atoms with Crippen molar-refractivity contribution in [1.82, 2.24) is 0 Å². The van der Waals surface area contributed by atoms with E-state index in [1.807, 2.05) is 36.4 Å². The number of rotatable bonds is 2. The largest absolute Gasteiger partial charge is 0.399 e. The Morgan fingerprint density at radius 1 is 0.933 bits per heavy atom. The van der Waals surface area contributed by atoms with Gasteiger partial charge in [0.05, 0.1) is 0 Å². The fourth-order valence-electron chi connectivity index (χ4n) is 1.66. The molecule has 0 saturated heterocycles. The van der Waals surface area contributed by atoms with Crippen molar-refractivity contribution >= 4 is 5.69 Å². The molecule has 2 aromatic carbocycles. The first kappa shape index (κ1) is 9.74. The van der Waals surface area contributed by atoms with Gasteiger partial charge in [0, 0.05) is 12.2 Å². The third-order valence-corrected chi connectivity index (χ3v) is 2.44. The molecule has 15 heavy (non-hydrogen) atoms. The van der Waals surface area contributed by atoms with Crippen molar-refractivity contribution in [3.05, 3.63) is 54.1 Å². The summed E-state index contributed by atoms with van der Waals surface area (Å²) < 4.78 is 0. The van der Waals surface area contributed by atoms with E-state index in [1.54, 1.807) is 0 Å². The highest BCUT2D eigenvalue weighted by molar-refractivity contribution is 5.70. The van der Waals surface area contributed by atoms with Crippen molar-refractivity contribution in [2.24, 2.45) is 5.73 Å². The first-order valence-electron chi connectivity index (χ1n) is 4.95. The first-order chi connectivity index (χ1) is 7.31. The summed E-state index contributed by atoms with van der Waals surface area (Å²) >= 11 is 0. The molecule has 2 aromatic rings. The van der Waals surface area contributed by atoms with E-state index in [0.29, 0.717) is 6.54 Å². The monoisotopic (exact) mass is 198 g/mol. The van der Waals surface area contributed by atoms with Gasteiger partial charge < -0.3 is 11.5 Å². The van der Waals surface area contributed by atoms with Crippen LogP contribution in [0.2, 0.25) is 0 Å². The molecule has 0 saturated carbocycles. The van der Waals surface area contributed by atoms with Crippen molar-refractivity contribution in [1.29, 1.82) is 0 Å². The summed E-state index contributed by atoms with van der Waals surface area (Å²) in [5.74, 6) is 0. The molecule has 2 heteroatoms. The highest BCUT2D eigenvalue weighted by atomic mass is 14.6. The van der Waals surface area contributed by atoms with Crippen LogP contribution in [0.5, 0.6) is 0 Å². The highest BCUT2D eigenvalue weighted by Crippen LogP contribution is 2.25. The van der Waals surface area contributed by atoms with Gasteiger partial charge in [-0.2, -0.15) is 0 Å². The van der Waals surface area contributed by atoms with Crippen molar-refractivity contribution in [2.45, 2.75) is 6.54 Å². The molecule has 0 aliphatic rings. The van der Waals surface area contributed by atoms with Gasteiger partial charge in [-0.25, -0.2) is 0 Å². The van der Waals surface area contributed by atoms with Crippen molar-refractivity contribution in [3.63, 3.8) is 0 Å². The minimum atomic E-state index is 0.532. The van der Waals surface area contributed by atoms with E-state index < -0.39 is 0 Å². The van der Waals surface area contributed by atoms with Crippen LogP contribution in [0.25, 0.3) is 11.1 Å². The molecule has 0 spiro atoms. The van der Waals surface area contributed by atoms with Gasteiger partial charge in [-0.05, 0) is 28.8 Å². The highest BCUT2D eigenvalue weighted by Gasteiger charge is 2.03. The van der Waals surface area contributed by atoms with Crippen LogP contribution < -0.4 is 11.5 Å². The van der Waals surface area contributed by atoms with Crippen LogP contribution in [-0.2, 0) is 6.54 Å². The quantitative estimate of drug-likeness (QED) is 0.728. The smallest absolute Gasteiger partial charge is 0.0320 e. The summed E-state index contributed by atoms with van der Waals surface area (Å²) in [6.45, 7) is 0.532. The van der Waals surface area contributed by atoms with Gasteiger partial charge in [-0.3, -0.25) is 0 Å². The Kier molecular flexibility index (Phi) is 2.70. The van der Waals surface area contributed by atoms with Gasteiger partial charge in [0.2, 0.25) is 0 Å². The molecule has 0 aliphatic heterocycles. The SMILES string of the molecule is NCc1ccc(N)cc1-c1ccccc1. The first-order valence-corrected chi connectivity index (χ1v) is 4.95. The lowest BCUT2D eigenvalue weighted by Gasteiger charge is -2.08. The van der Waals surface area contributed by atoms with Gasteiger partial charge in [0.1, 0.15) is 0 Å². The van der Waals surface area contributed by atoms with Crippen molar-refractivity contribution in [2.75, 3.05) is 5.73 Å². The Morgan fingerprint density at radius 3 is 2.33 bits per heavy atom. The maximum atomic E-state index is 5.78. The lowest BCUT2D eigenvalue weighted by atomic mass is 9.99. The molecular formula is C13H14N2. The number of nitrogens with two attached hydrogens (primary N) is 2. The molecule has 0 aliphatic carbocycles. The summed E-state index contributed by atoms with van der Waals surface area (Å²) in [6, 6.07) is 16.0. The van der Waals surface area contributed by atoms with Crippen molar-refractivity contribution < 1.29 is 0 Å². The Morgan fingerprint density at radius 2 is 1.67 bits per heavy atom. The third-order valence-electron chi connectivity index (χ3n) is 2.44. The molecule has 0 heterocycles. The molecule has 76 valence electrons. The lowest BCUT2D eigenvalue weighted by Crippen LogP contribution is -1.99. The molecule has 2 rings (SSSR count). The maximum Gasteiger partial charge on any atom is 0.0320 e. The number of hydrogen-bond donors (Lipinski definition) is 2. The number of anilines is 1. The normalized spacial score (nSPS) is 10.2. The Bertz CT molecular complexity index is 449. The van der Waals surface area contributed by atoms with Gasteiger partial charge in [-0.1, -0.05) is 36.4 Å². The van der Waals surface area contributed by atoms with Crippen LogP contribution in [0.1, 0.15) is 5.56 Å². The van der Waals surface area contributed by atoms with E-state index in [1.165, 1.54) is 0 Å². The molecule has 0 unspecified atom stereocenters. The molecule has 0 radical (unpaired) electrons. The second kappa shape index (κ2) is 4.15. The lowest BCUT2D eigenvalue weighted by molar-refractivity contribution is 1.07. The molecular weight excluding hydrogens is 184 g/mol. The summed E-state index contributed by atoms with van der Waals surface area (Å²) in [5.41, 5.74) is 15.6. The fraction of sp³-hybridized carbons (Fsp3) is 0.0769. The maximum absolute atomic E-state index is 5.78. The zero-order chi connectivity index (χ0) is 10.7. The Balaban J connectivity index is 2.56. The van der Waals surface area contributed by atoms with Gasteiger partial charge in [-0.15, -0.1) is 0 Å². The summed E-state index contributed by atoms with van der Waals surface area (Å²) in [4.78, 5) is 0. The van der Waals surface area contributed by atoms with Gasteiger partial charge in [0.25, 0.3) is 0 Å². The summed E-state index contributed by atoms with van der Waals surface area (Å²) in [5, 5.41) is 0. The Labute approximate surface area is 89.5 Å². The van der Waals surface area contributed by atoms with E-state index in [2.05, 4.69) is 12.1 Å². The number of benzene rings is 2. The van der Waals surface area contributed by atoms with E-state index in [9.17, 15) is 0 Å². The molecule has 0 atom stereocenters. The van der Waals surface area contributed by atoms with Gasteiger partial charge >= 0.3 is 0 Å². The van der Waals surface area contributed by atoms with E-state index in [-0.39, 0.29) is 0 Å². The minimum absolute atomic E-state index is 0.532. The molecule has 0 amide bonds. The van der Waals surface area contributed by atoms with Crippen LogP contribution in [-0.4, -0.2) is 0 Å². The number of nitrogen functional groups attached to an aromatic ring is 1. The molecule has 0 fully saturated rings. The van der Waals surface area contributed by atoms with E-state index in [0.717, 1.165) is 22.4 Å². The van der Waals surface area contributed by atoms with Gasteiger partial charge in [0.15, 0.2) is 0 Å². The zero-order valence-electron chi connectivity index (χ0n) is 8.48. The van der Waals surface area contributed by atoms with Crippen molar-refractivity contribution in [3.8, 4) is 11.1 Å². The topological polar surface area (TPSA) is 52.0 Å².